The molecule has 0 aliphatic heterocycles. The molecule has 4 unspecified atom stereocenters. The van der Waals surface area contributed by atoms with E-state index in [4.69, 9.17) is 4.74 Å². The number of fused-ring (bicyclic) bond motifs is 2. The third-order valence-electron chi connectivity index (χ3n) is 6.40. The van der Waals surface area contributed by atoms with E-state index >= 15 is 0 Å². The Bertz CT molecular complexity index is 540. The van der Waals surface area contributed by atoms with Crippen molar-refractivity contribution < 1.29 is 41.0 Å². The lowest BCUT2D eigenvalue weighted by Crippen LogP contribution is -2.59. The van der Waals surface area contributed by atoms with E-state index in [0.29, 0.717) is 25.7 Å². The molecule has 9 heteroatoms. The summed E-state index contributed by atoms with van der Waals surface area (Å²) in [6, 6.07) is 0. The lowest BCUT2D eigenvalue weighted by atomic mass is 9.79. The van der Waals surface area contributed by atoms with Crippen molar-refractivity contribution in [1.82, 2.24) is 0 Å². The highest BCUT2D eigenvalue weighted by atomic mass is 19.4. The van der Waals surface area contributed by atoms with Crippen LogP contribution >= 0.6 is 0 Å². The fourth-order valence-electron chi connectivity index (χ4n) is 4.15. The first-order valence-corrected chi connectivity index (χ1v) is 9.19. The molecule has 0 spiro atoms. The predicted molar refractivity (Wildman–Crippen MR) is 84.6 cm³/mol. The van der Waals surface area contributed by atoms with Gasteiger partial charge < -0.3 is 9.84 Å². The summed E-state index contributed by atoms with van der Waals surface area (Å²) in [6.45, 7) is 4.72. The monoisotopic (exact) mass is 404 g/mol. The Morgan fingerprint density at radius 3 is 2.00 bits per heavy atom. The number of alkyl halides is 6. The predicted octanol–water partition coefficient (Wildman–Crippen LogP) is 5.02. The van der Waals surface area contributed by atoms with Crippen molar-refractivity contribution in [2.75, 3.05) is 0 Å². The van der Waals surface area contributed by atoms with Crippen LogP contribution in [0.25, 0.3) is 0 Å². The number of hydrogen-bond donors (Lipinski definition) is 1. The van der Waals surface area contributed by atoms with Gasteiger partial charge in [-0.2, -0.15) is 26.3 Å². The minimum absolute atomic E-state index is 0.0803. The SMILES string of the molecule is CCC(C)(C)C(=O)OC(CC(O)(C(F)(F)F)C(F)(F)F)C1CC2CCC1C2. The van der Waals surface area contributed by atoms with Crippen molar-refractivity contribution in [3.8, 4) is 0 Å². The minimum Gasteiger partial charge on any atom is -0.462 e. The molecule has 3 nitrogen and oxygen atoms in total. The van der Waals surface area contributed by atoms with E-state index < -0.39 is 47.8 Å². The smallest absolute Gasteiger partial charge is 0.426 e. The average molecular weight is 404 g/mol. The summed E-state index contributed by atoms with van der Waals surface area (Å²) in [5, 5.41) is 9.62. The molecule has 0 amide bonds. The van der Waals surface area contributed by atoms with Gasteiger partial charge in [0.25, 0.3) is 5.60 Å². The van der Waals surface area contributed by atoms with Crippen molar-refractivity contribution in [1.29, 1.82) is 0 Å². The Balaban J connectivity index is 2.33. The minimum atomic E-state index is -5.92. The topological polar surface area (TPSA) is 46.5 Å². The molecule has 2 saturated carbocycles. The second kappa shape index (κ2) is 7.12. The molecule has 2 fully saturated rings. The van der Waals surface area contributed by atoms with E-state index in [1.807, 2.05) is 0 Å². The van der Waals surface area contributed by atoms with Gasteiger partial charge in [0.05, 0.1) is 5.41 Å². The fourth-order valence-corrected chi connectivity index (χ4v) is 4.15. The second-order valence-corrected chi connectivity index (χ2v) is 8.58. The zero-order valence-electron chi connectivity index (χ0n) is 15.6. The molecular weight excluding hydrogens is 378 g/mol. The number of carbonyl (C=O) groups is 1. The van der Waals surface area contributed by atoms with Gasteiger partial charge in [-0.15, -0.1) is 0 Å². The van der Waals surface area contributed by atoms with Gasteiger partial charge in [0.1, 0.15) is 6.10 Å². The maximum absolute atomic E-state index is 13.2. The van der Waals surface area contributed by atoms with E-state index in [1.165, 1.54) is 13.8 Å². The lowest BCUT2D eigenvalue weighted by molar-refractivity contribution is -0.375. The van der Waals surface area contributed by atoms with Crippen LogP contribution in [-0.4, -0.2) is 35.1 Å². The molecule has 0 heterocycles. The van der Waals surface area contributed by atoms with Crippen LogP contribution in [0, 0.1) is 23.2 Å². The molecule has 0 aromatic heterocycles. The molecule has 0 radical (unpaired) electrons. The largest absolute Gasteiger partial charge is 0.462 e. The van der Waals surface area contributed by atoms with E-state index in [2.05, 4.69) is 0 Å². The molecule has 0 aromatic carbocycles. The zero-order chi connectivity index (χ0) is 20.8. The lowest BCUT2D eigenvalue weighted by Gasteiger charge is -2.39. The number of halogens is 6. The Kier molecular flexibility index (Phi) is 5.88. The van der Waals surface area contributed by atoms with E-state index in [1.54, 1.807) is 6.92 Å². The molecule has 27 heavy (non-hydrogen) atoms. The van der Waals surface area contributed by atoms with Crippen LogP contribution in [0.1, 0.15) is 59.3 Å². The van der Waals surface area contributed by atoms with Gasteiger partial charge in [-0.1, -0.05) is 13.3 Å². The molecule has 2 aliphatic carbocycles. The highest BCUT2D eigenvalue weighted by Gasteiger charge is 2.71. The standard InChI is InChI=1S/C18H26F6O3/c1-4-15(2,3)14(25)27-13(12-8-10-5-6-11(12)7-10)9-16(26,17(19,20)21)18(22,23)24/h10-13,26H,4-9H2,1-3H3. The van der Waals surface area contributed by atoms with Gasteiger partial charge in [0, 0.05) is 6.42 Å². The Morgan fingerprint density at radius 2 is 1.63 bits per heavy atom. The summed E-state index contributed by atoms with van der Waals surface area (Å²) in [5.41, 5.74) is -5.95. The Labute approximate surface area is 154 Å². The van der Waals surface area contributed by atoms with Crippen molar-refractivity contribution in [3.05, 3.63) is 0 Å². The van der Waals surface area contributed by atoms with Crippen LogP contribution < -0.4 is 0 Å². The maximum atomic E-state index is 13.2. The molecule has 2 bridgehead atoms. The third kappa shape index (κ3) is 4.22. The van der Waals surface area contributed by atoms with Crippen LogP contribution in [0.15, 0.2) is 0 Å². The number of rotatable bonds is 6. The number of esters is 1. The van der Waals surface area contributed by atoms with Gasteiger partial charge in [0.2, 0.25) is 0 Å². The van der Waals surface area contributed by atoms with Gasteiger partial charge in [0.15, 0.2) is 0 Å². The first kappa shape index (κ1) is 22.3. The molecule has 1 N–H and O–H groups in total. The van der Waals surface area contributed by atoms with Crippen LogP contribution in [0.3, 0.4) is 0 Å². The quantitative estimate of drug-likeness (QED) is 0.500. The van der Waals surface area contributed by atoms with E-state index in [9.17, 15) is 36.2 Å². The Morgan fingerprint density at radius 1 is 1.07 bits per heavy atom. The summed E-state index contributed by atoms with van der Waals surface area (Å²) < 4.78 is 84.2. The van der Waals surface area contributed by atoms with Gasteiger partial charge in [-0.3, -0.25) is 4.79 Å². The normalized spacial score (nSPS) is 27.7. The van der Waals surface area contributed by atoms with Gasteiger partial charge in [-0.05, 0) is 57.3 Å². The van der Waals surface area contributed by atoms with Crippen LogP contribution in [0.4, 0.5) is 26.3 Å². The van der Waals surface area contributed by atoms with Crippen LogP contribution in [-0.2, 0) is 9.53 Å². The van der Waals surface area contributed by atoms with Gasteiger partial charge >= 0.3 is 18.3 Å². The first-order chi connectivity index (χ1) is 12.1. The molecule has 4 atom stereocenters. The summed E-state index contributed by atoms with van der Waals surface area (Å²) in [6.07, 6.45) is -12.2. The fraction of sp³-hybridized carbons (Fsp3) is 0.944. The first-order valence-electron chi connectivity index (χ1n) is 9.19. The van der Waals surface area contributed by atoms with Crippen LogP contribution in [0.5, 0.6) is 0 Å². The average Bonchev–Trinajstić information content (AvgIpc) is 3.14. The number of ether oxygens (including phenoxy) is 1. The Hall–Kier alpha value is -0.990. The maximum Gasteiger partial charge on any atom is 0.426 e. The molecule has 158 valence electrons. The van der Waals surface area contributed by atoms with Crippen molar-refractivity contribution >= 4 is 5.97 Å². The third-order valence-corrected chi connectivity index (χ3v) is 6.40. The number of aliphatic hydroxyl groups is 1. The van der Waals surface area contributed by atoms with Crippen molar-refractivity contribution in [3.63, 3.8) is 0 Å². The molecular formula is C18H26F6O3. The highest BCUT2D eigenvalue weighted by molar-refractivity contribution is 5.76. The van der Waals surface area contributed by atoms with Crippen LogP contribution in [0.2, 0.25) is 0 Å². The molecule has 0 saturated heterocycles. The summed E-state index contributed by atoms with van der Waals surface area (Å²) in [4.78, 5) is 12.4. The second-order valence-electron chi connectivity index (χ2n) is 8.58. The number of carbonyl (C=O) groups excluding carboxylic acids is 1. The molecule has 0 aromatic rings. The molecule has 2 rings (SSSR count). The highest BCUT2D eigenvalue weighted by Crippen LogP contribution is 2.54. The zero-order valence-corrected chi connectivity index (χ0v) is 15.6. The van der Waals surface area contributed by atoms with Crippen molar-refractivity contribution in [2.45, 2.75) is 83.4 Å². The van der Waals surface area contributed by atoms with E-state index in [0.717, 1.165) is 6.42 Å². The van der Waals surface area contributed by atoms with Gasteiger partial charge in [-0.25, -0.2) is 0 Å². The number of hydrogen-bond acceptors (Lipinski definition) is 3. The molecule has 2 aliphatic rings. The van der Waals surface area contributed by atoms with E-state index in [-0.39, 0.29) is 11.8 Å². The summed E-state index contributed by atoms with van der Waals surface area (Å²) >= 11 is 0. The summed E-state index contributed by atoms with van der Waals surface area (Å²) in [5.74, 6) is -1.30. The van der Waals surface area contributed by atoms with Crippen molar-refractivity contribution in [2.24, 2.45) is 23.2 Å². The summed E-state index contributed by atoms with van der Waals surface area (Å²) in [7, 11) is 0.